The maximum Gasteiger partial charge on any atom is 0.255 e. The van der Waals surface area contributed by atoms with Gasteiger partial charge >= 0.3 is 0 Å². The van der Waals surface area contributed by atoms with Crippen LogP contribution in [-0.4, -0.2) is 84.4 Å². The minimum absolute atomic E-state index is 0.0459. The molecule has 0 saturated carbocycles. The SMILES string of the molecule is CC/C(=C(\c1ccc(O)cc1)c1ccc(OCCCCCN2CCN(c3ccc4c(c3)CN(C3CC(=O)CNC3=O)C4=O)CC2)cc1)c1ccccc1. The monoisotopic (exact) mass is 712 g/mol. The number of piperazine rings is 1. The van der Waals surface area contributed by atoms with Gasteiger partial charge in [0.25, 0.3) is 5.91 Å². The van der Waals surface area contributed by atoms with Crippen LogP contribution < -0.4 is 15.0 Å². The largest absolute Gasteiger partial charge is 0.508 e. The van der Waals surface area contributed by atoms with E-state index in [9.17, 15) is 19.5 Å². The summed E-state index contributed by atoms with van der Waals surface area (Å²) in [5, 5.41) is 12.5. The van der Waals surface area contributed by atoms with Gasteiger partial charge in [0, 0.05) is 50.4 Å². The highest BCUT2D eigenvalue weighted by atomic mass is 16.5. The number of unbranched alkanes of at least 4 members (excludes halogenated alkanes) is 2. The van der Waals surface area contributed by atoms with Gasteiger partial charge in [0.1, 0.15) is 17.5 Å². The van der Waals surface area contributed by atoms with E-state index in [0.29, 0.717) is 18.7 Å². The van der Waals surface area contributed by atoms with E-state index in [0.717, 1.165) is 92.1 Å². The van der Waals surface area contributed by atoms with Gasteiger partial charge in [-0.15, -0.1) is 0 Å². The summed E-state index contributed by atoms with van der Waals surface area (Å²) >= 11 is 0. The molecule has 9 nitrogen and oxygen atoms in total. The summed E-state index contributed by atoms with van der Waals surface area (Å²) in [7, 11) is 0. The molecule has 4 aromatic carbocycles. The van der Waals surface area contributed by atoms with Crippen molar-refractivity contribution >= 4 is 34.4 Å². The molecule has 3 aliphatic heterocycles. The van der Waals surface area contributed by atoms with Crippen LogP contribution in [0.4, 0.5) is 5.69 Å². The molecule has 0 radical (unpaired) electrons. The van der Waals surface area contributed by atoms with E-state index < -0.39 is 6.04 Å². The average molecular weight is 713 g/mol. The Bertz CT molecular complexity index is 1950. The zero-order valence-electron chi connectivity index (χ0n) is 30.4. The summed E-state index contributed by atoms with van der Waals surface area (Å²) in [6.07, 6.45) is 4.18. The number of ether oxygens (including phenoxy) is 1. The van der Waals surface area contributed by atoms with Crippen LogP contribution in [0.25, 0.3) is 11.1 Å². The minimum Gasteiger partial charge on any atom is -0.508 e. The van der Waals surface area contributed by atoms with Crippen LogP contribution in [0.15, 0.2) is 97.1 Å². The Morgan fingerprint density at radius 3 is 2.25 bits per heavy atom. The first-order chi connectivity index (χ1) is 25.9. The molecule has 53 heavy (non-hydrogen) atoms. The van der Waals surface area contributed by atoms with Gasteiger partial charge in [0.15, 0.2) is 5.78 Å². The van der Waals surface area contributed by atoms with Gasteiger partial charge in [0.05, 0.1) is 13.2 Å². The Morgan fingerprint density at radius 1 is 0.811 bits per heavy atom. The predicted octanol–water partition coefficient (Wildman–Crippen LogP) is 6.55. The van der Waals surface area contributed by atoms with E-state index in [-0.39, 0.29) is 36.3 Å². The molecule has 1 atom stereocenters. The summed E-state index contributed by atoms with van der Waals surface area (Å²) < 4.78 is 6.15. The molecule has 0 spiro atoms. The fraction of sp³-hybridized carbons (Fsp3) is 0.341. The third kappa shape index (κ3) is 8.31. The van der Waals surface area contributed by atoms with Gasteiger partial charge in [0.2, 0.25) is 5.91 Å². The van der Waals surface area contributed by atoms with Crippen molar-refractivity contribution in [3.63, 3.8) is 0 Å². The molecule has 9 heteroatoms. The summed E-state index contributed by atoms with van der Waals surface area (Å²) in [5.41, 5.74) is 8.44. The number of benzene rings is 4. The number of anilines is 1. The lowest BCUT2D eigenvalue weighted by molar-refractivity contribution is -0.134. The summed E-state index contributed by atoms with van der Waals surface area (Å²) in [5.74, 6) is 0.650. The number of allylic oxidation sites excluding steroid dienone is 1. The Kier molecular flexibility index (Phi) is 11.2. The third-order valence-electron chi connectivity index (χ3n) is 10.7. The molecule has 2 fully saturated rings. The number of Topliss-reactive ketones (excluding diaryl/α,β-unsaturated/α-hetero) is 1. The van der Waals surface area contributed by atoms with Crippen LogP contribution in [0.5, 0.6) is 11.5 Å². The quantitative estimate of drug-likeness (QED) is 0.120. The van der Waals surface area contributed by atoms with Crippen molar-refractivity contribution in [3.8, 4) is 11.5 Å². The number of ketones is 1. The van der Waals surface area contributed by atoms with Gasteiger partial charge in [-0.1, -0.05) is 61.5 Å². The second-order valence-corrected chi connectivity index (χ2v) is 14.1. The molecule has 2 saturated heterocycles. The maximum absolute atomic E-state index is 13.1. The Morgan fingerprint density at radius 2 is 1.53 bits per heavy atom. The second-order valence-electron chi connectivity index (χ2n) is 14.1. The lowest BCUT2D eigenvalue weighted by Crippen LogP contribution is -2.53. The molecule has 0 aromatic heterocycles. The number of carbonyl (C=O) groups is 3. The highest BCUT2D eigenvalue weighted by Crippen LogP contribution is 2.36. The van der Waals surface area contributed by atoms with Crippen molar-refractivity contribution in [3.05, 3.63) is 125 Å². The van der Waals surface area contributed by atoms with E-state index in [1.54, 1.807) is 17.0 Å². The van der Waals surface area contributed by atoms with Crippen molar-refractivity contribution in [2.24, 2.45) is 0 Å². The summed E-state index contributed by atoms with van der Waals surface area (Å²) in [6, 6.07) is 31.5. The first-order valence-electron chi connectivity index (χ1n) is 18.9. The molecule has 4 aromatic rings. The second kappa shape index (κ2) is 16.5. The summed E-state index contributed by atoms with van der Waals surface area (Å²) in [4.78, 5) is 43.9. The number of fused-ring (bicyclic) bond motifs is 1. The minimum atomic E-state index is -0.727. The van der Waals surface area contributed by atoms with E-state index >= 15 is 0 Å². The first-order valence-corrected chi connectivity index (χ1v) is 18.9. The van der Waals surface area contributed by atoms with Crippen molar-refractivity contribution in [2.75, 3.05) is 50.8 Å². The van der Waals surface area contributed by atoms with Gasteiger partial charge < -0.3 is 25.0 Å². The number of aromatic hydroxyl groups is 1. The van der Waals surface area contributed by atoms with E-state index in [4.69, 9.17) is 4.74 Å². The number of nitrogens with zero attached hydrogens (tertiary/aromatic N) is 3. The van der Waals surface area contributed by atoms with Crippen LogP contribution in [0.2, 0.25) is 0 Å². The molecule has 0 aliphatic carbocycles. The molecule has 2 N–H and O–H groups in total. The number of amides is 2. The van der Waals surface area contributed by atoms with Gasteiger partial charge in [-0.25, -0.2) is 0 Å². The zero-order chi connectivity index (χ0) is 36.7. The molecule has 3 aliphatic rings. The van der Waals surface area contributed by atoms with Crippen LogP contribution in [0.3, 0.4) is 0 Å². The summed E-state index contributed by atoms with van der Waals surface area (Å²) in [6.45, 7) is 8.14. The standard InChI is InChI=1S/C44H48N4O5/c1-2-39(31-9-5-3-6-10-31)42(32-11-16-36(49)17-12-32)33-13-18-38(19-14-33)53-26-8-4-7-21-46-22-24-47(25-23-46)35-15-20-40-34(27-35)30-48(44(40)52)41-28-37(50)29-45-43(41)51/h3,5-6,9-20,27,41,49H,2,4,7-8,21-26,28-30H2,1H3,(H,45,51)/b42-39-. The average Bonchev–Trinajstić information content (AvgIpc) is 3.52. The molecule has 1 unspecified atom stereocenters. The van der Waals surface area contributed by atoms with Crippen molar-refractivity contribution in [1.29, 1.82) is 0 Å². The van der Waals surface area contributed by atoms with Crippen molar-refractivity contribution < 1.29 is 24.2 Å². The third-order valence-corrected chi connectivity index (χ3v) is 10.7. The van der Waals surface area contributed by atoms with Crippen LogP contribution in [0, 0.1) is 0 Å². The molecule has 274 valence electrons. The molecule has 0 bridgehead atoms. The Hall–Kier alpha value is -5.41. The Labute approximate surface area is 311 Å². The molecule has 3 heterocycles. The number of piperidine rings is 1. The first kappa shape index (κ1) is 36.0. The van der Waals surface area contributed by atoms with Crippen LogP contribution >= 0.6 is 0 Å². The lowest BCUT2D eigenvalue weighted by Gasteiger charge is -2.36. The number of nitrogens with one attached hydrogen (secondary N) is 1. The highest BCUT2D eigenvalue weighted by molar-refractivity contribution is 6.04. The molecular weight excluding hydrogens is 665 g/mol. The van der Waals surface area contributed by atoms with Crippen LogP contribution in [0.1, 0.15) is 71.6 Å². The van der Waals surface area contributed by atoms with Gasteiger partial charge in [-0.05, 0) is 108 Å². The predicted molar refractivity (Wildman–Crippen MR) is 208 cm³/mol. The maximum atomic E-state index is 13.1. The van der Waals surface area contributed by atoms with E-state index in [1.165, 1.54) is 11.1 Å². The van der Waals surface area contributed by atoms with Crippen LogP contribution in [-0.2, 0) is 16.1 Å². The lowest BCUT2D eigenvalue weighted by atomic mass is 9.88. The number of rotatable bonds is 13. The fourth-order valence-electron chi connectivity index (χ4n) is 7.77. The zero-order valence-corrected chi connectivity index (χ0v) is 30.4. The Balaban J connectivity index is 0.855. The topological polar surface area (TPSA) is 102 Å². The smallest absolute Gasteiger partial charge is 0.255 e. The fourth-order valence-corrected chi connectivity index (χ4v) is 7.77. The number of carbonyl (C=O) groups excluding carboxylic acids is 3. The number of hydrogen-bond donors (Lipinski definition) is 2. The molecule has 2 amide bonds. The molecule has 7 rings (SSSR count). The van der Waals surface area contributed by atoms with Gasteiger partial charge in [-0.3, -0.25) is 19.3 Å². The van der Waals surface area contributed by atoms with Crippen molar-refractivity contribution in [1.82, 2.24) is 15.1 Å². The normalized spacial score (nSPS) is 18.1. The molecular formula is C44H48N4O5. The van der Waals surface area contributed by atoms with Crippen molar-refractivity contribution in [2.45, 2.75) is 51.6 Å². The van der Waals surface area contributed by atoms with Gasteiger partial charge in [-0.2, -0.15) is 0 Å². The highest BCUT2D eigenvalue weighted by Gasteiger charge is 2.39. The van der Waals surface area contributed by atoms with E-state index in [1.807, 2.05) is 30.3 Å². The number of hydrogen-bond acceptors (Lipinski definition) is 7. The number of phenolic OH excluding ortho intramolecular Hbond substituents is 1. The number of phenols is 1. The van der Waals surface area contributed by atoms with E-state index in [2.05, 4.69) is 76.6 Å².